The van der Waals surface area contributed by atoms with Crippen molar-refractivity contribution in [3.63, 3.8) is 0 Å². The van der Waals surface area contributed by atoms with Gasteiger partial charge in [-0.05, 0) is 36.5 Å². The summed E-state index contributed by atoms with van der Waals surface area (Å²) in [7, 11) is 0. The largest absolute Gasteiger partial charge is 0.506 e. The summed E-state index contributed by atoms with van der Waals surface area (Å²) in [5.74, 6) is 2.02. The molecule has 2 aromatic heterocycles. The standard InChI is InChI=1S/C13H14N2O3S/c16-9-2-1-5-15-11(9)10(13(17)18)14-12(15)8-3-6-19-7-4-8/h1-2,5,8,16H,3-4,6-7H2,(H,17,18). The first-order valence-corrected chi connectivity index (χ1v) is 7.35. The van der Waals surface area contributed by atoms with Crippen LogP contribution in [0.2, 0.25) is 0 Å². The Kier molecular flexibility index (Phi) is 3.10. The van der Waals surface area contributed by atoms with Crippen molar-refractivity contribution in [3.8, 4) is 5.75 Å². The SMILES string of the molecule is O=C(O)c1nc(C2CCSCC2)n2cccc(O)c12. The molecule has 3 rings (SSSR count). The van der Waals surface area contributed by atoms with Crippen LogP contribution in [0.1, 0.15) is 35.1 Å². The van der Waals surface area contributed by atoms with Gasteiger partial charge in [-0.15, -0.1) is 0 Å². The van der Waals surface area contributed by atoms with Crippen LogP contribution in [0.3, 0.4) is 0 Å². The molecule has 1 aliphatic heterocycles. The molecule has 6 heteroatoms. The molecule has 0 aliphatic carbocycles. The van der Waals surface area contributed by atoms with Crippen molar-refractivity contribution in [1.82, 2.24) is 9.38 Å². The van der Waals surface area contributed by atoms with E-state index in [1.807, 2.05) is 11.8 Å². The van der Waals surface area contributed by atoms with E-state index in [-0.39, 0.29) is 17.4 Å². The number of fused-ring (bicyclic) bond motifs is 1. The number of aromatic carboxylic acids is 1. The molecule has 0 saturated carbocycles. The second-order valence-corrected chi connectivity index (χ2v) is 5.85. The van der Waals surface area contributed by atoms with Crippen molar-refractivity contribution in [2.24, 2.45) is 0 Å². The number of aromatic nitrogens is 2. The maximum atomic E-state index is 11.3. The van der Waals surface area contributed by atoms with Gasteiger partial charge in [-0.3, -0.25) is 4.40 Å². The predicted molar refractivity (Wildman–Crippen MR) is 73.1 cm³/mol. The van der Waals surface area contributed by atoms with Gasteiger partial charge >= 0.3 is 5.97 Å². The lowest BCUT2D eigenvalue weighted by molar-refractivity contribution is 0.0692. The number of pyridine rings is 1. The van der Waals surface area contributed by atoms with Gasteiger partial charge in [-0.1, -0.05) is 0 Å². The number of thioether (sulfide) groups is 1. The zero-order chi connectivity index (χ0) is 13.4. The molecule has 5 nitrogen and oxygen atoms in total. The van der Waals surface area contributed by atoms with Crippen LogP contribution in [0.15, 0.2) is 18.3 Å². The first-order valence-electron chi connectivity index (χ1n) is 6.19. The molecular formula is C13H14N2O3S. The summed E-state index contributed by atoms with van der Waals surface area (Å²) in [6.07, 6.45) is 3.77. The Labute approximate surface area is 114 Å². The number of hydrogen-bond donors (Lipinski definition) is 2. The molecule has 2 N–H and O–H groups in total. The number of aromatic hydroxyl groups is 1. The Hall–Kier alpha value is -1.69. The summed E-state index contributed by atoms with van der Waals surface area (Å²) in [6, 6.07) is 3.20. The number of hydrogen-bond acceptors (Lipinski definition) is 4. The molecule has 0 spiro atoms. The lowest BCUT2D eigenvalue weighted by Crippen LogP contribution is -2.11. The number of carboxylic acids is 1. The van der Waals surface area contributed by atoms with Gasteiger partial charge in [0.25, 0.3) is 0 Å². The molecular weight excluding hydrogens is 264 g/mol. The summed E-state index contributed by atoms with van der Waals surface area (Å²) in [5, 5.41) is 19.1. The van der Waals surface area contributed by atoms with Crippen molar-refractivity contribution >= 4 is 23.2 Å². The van der Waals surface area contributed by atoms with Crippen LogP contribution < -0.4 is 0 Å². The molecule has 0 bridgehead atoms. The van der Waals surface area contributed by atoms with Crippen LogP contribution in [0.25, 0.3) is 5.52 Å². The number of imidazole rings is 1. The Bertz CT molecular complexity index is 632. The van der Waals surface area contributed by atoms with Crippen molar-refractivity contribution in [3.05, 3.63) is 29.8 Å². The fraction of sp³-hybridized carbons (Fsp3) is 0.385. The van der Waals surface area contributed by atoms with Crippen LogP contribution in [0.4, 0.5) is 0 Å². The van der Waals surface area contributed by atoms with Crippen molar-refractivity contribution in [2.75, 3.05) is 11.5 Å². The highest BCUT2D eigenvalue weighted by Gasteiger charge is 2.25. The van der Waals surface area contributed by atoms with Gasteiger partial charge in [0, 0.05) is 12.1 Å². The minimum Gasteiger partial charge on any atom is -0.506 e. The van der Waals surface area contributed by atoms with Crippen LogP contribution in [-0.2, 0) is 0 Å². The van der Waals surface area contributed by atoms with Crippen LogP contribution in [0, 0.1) is 0 Å². The highest BCUT2D eigenvalue weighted by atomic mass is 32.2. The third-order valence-corrected chi connectivity index (χ3v) is 4.51. The Morgan fingerprint density at radius 1 is 1.42 bits per heavy atom. The van der Waals surface area contributed by atoms with Crippen molar-refractivity contribution < 1.29 is 15.0 Å². The third-order valence-electron chi connectivity index (χ3n) is 3.46. The zero-order valence-electron chi connectivity index (χ0n) is 10.2. The average molecular weight is 278 g/mol. The number of carboxylic acid groups (broad SMARTS) is 1. The molecule has 1 aliphatic rings. The first-order chi connectivity index (χ1) is 9.18. The molecule has 0 amide bonds. The lowest BCUT2D eigenvalue weighted by atomic mass is 10.0. The van der Waals surface area contributed by atoms with Gasteiger partial charge in [0.1, 0.15) is 17.1 Å². The van der Waals surface area contributed by atoms with Crippen LogP contribution >= 0.6 is 11.8 Å². The van der Waals surface area contributed by atoms with Gasteiger partial charge < -0.3 is 10.2 Å². The van der Waals surface area contributed by atoms with E-state index in [0.29, 0.717) is 5.52 Å². The molecule has 0 radical (unpaired) electrons. The van der Waals surface area contributed by atoms with Gasteiger partial charge in [0.15, 0.2) is 5.69 Å². The topological polar surface area (TPSA) is 74.8 Å². The van der Waals surface area contributed by atoms with E-state index < -0.39 is 5.97 Å². The van der Waals surface area contributed by atoms with E-state index in [1.165, 1.54) is 6.07 Å². The molecule has 100 valence electrons. The summed E-state index contributed by atoms with van der Waals surface area (Å²) in [5.41, 5.74) is 0.231. The average Bonchev–Trinajstić information content (AvgIpc) is 2.81. The fourth-order valence-corrected chi connectivity index (χ4v) is 3.64. The minimum atomic E-state index is -1.10. The number of rotatable bonds is 2. The van der Waals surface area contributed by atoms with E-state index in [9.17, 15) is 15.0 Å². The molecule has 1 saturated heterocycles. The lowest BCUT2D eigenvalue weighted by Gasteiger charge is -2.20. The van der Waals surface area contributed by atoms with Gasteiger partial charge in [-0.2, -0.15) is 11.8 Å². The normalized spacial score (nSPS) is 16.8. The van der Waals surface area contributed by atoms with Gasteiger partial charge in [0.05, 0.1) is 0 Å². The highest BCUT2D eigenvalue weighted by molar-refractivity contribution is 7.99. The smallest absolute Gasteiger partial charge is 0.356 e. The Morgan fingerprint density at radius 3 is 2.84 bits per heavy atom. The predicted octanol–water partition coefficient (Wildman–Crippen LogP) is 2.35. The van der Waals surface area contributed by atoms with E-state index in [0.717, 1.165) is 30.2 Å². The summed E-state index contributed by atoms with van der Waals surface area (Å²) >= 11 is 1.91. The molecule has 0 unspecified atom stereocenters. The fourth-order valence-electron chi connectivity index (χ4n) is 2.54. The van der Waals surface area contributed by atoms with Gasteiger partial charge in [-0.25, -0.2) is 9.78 Å². The maximum Gasteiger partial charge on any atom is 0.356 e. The Morgan fingerprint density at radius 2 is 2.16 bits per heavy atom. The quantitative estimate of drug-likeness (QED) is 0.882. The van der Waals surface area contributed by atoms with E-state index in [4.69, 9.17) is 0 Å². The number of carbonyl (C=O) groups is 1. The summed E-state index contributed by atoms with van der Waals surface area (Å²) < 4.78 is 1.72. The highest BCUT2D eigenvalue weighted by Crippen LogP contribution is 2.33. The van der Waals surface area contributed by atoms with Gasteiger partial charge in [0.2, 0.25) is 0 Å². The second-order valence-electron chi connectivity index (χ2n) is 4.62. The molecule has 1 fully saturated rings. The zero-order valence-corrected chi connectivity index (χ0v) is 11.1. The Balaban J connectivity index is 2.19. The molecule has 0 aromatic carbocycles. The van der Waals surface area contributed by atoms with E-state index in [1.54, 1.807) is 16.7 Å². The second kappa shape index (κ2) is 4.77. The van der Waals surface area contributed by atoms with Crippen LogP contribution in [0.5, 0.6) is 5.75 Å². The van der Waals surface area contributed by atoms with Crippen molar-refractivity contribution in [2.45, 2.75) is 18.8 Å². The first kappa shape index (κ1) is 12.3. The molecule has 0 atom stereocenters. The minimum absolute atomic E-state index is 0.0381. The van der Waals surface area contributed by atoms with Crippen LogP contribution in [-0.4, -0.2) is 37.1 Å². The maximum absolute atomic E-state index is 11.3. The van der Waals surface area contributed by atoms with Crippen molar-refractivity contribution in [1.29, 1.82) is 0 Å². The number of nitrogens with zero attached hydrogens (tertiary/aromatic N) is 2. The molecule has 19 heavy (non-hydrogen) atoms. The molecule has 3 heterocycles. The monoisotopic (exact) mass is 278 g/mol. The van der Waals surface area contributed by atoms with E-state index in [2.05, 4.69) is 4.98 Å². The third kappa shape index (κ3) is 2.06. The summed E-state index contributed by atoms with van der Waals surface area (Å²) in [4.78, 5) is 15.5. The summed E-state index contributed by atoms with van der Waals surface area (Å²) in [6.45, 7) is 0. The van der Waals surface area contributed by atoms with E-state index >= 15 is 0 Å². The molecule has 2 aromatic rings.